The smallest absolute Gasteiger partial charge is 0.244 e. The Hall–Kier alpha value is -0.140. The Labute approximate surface area is 112 Å². The van der Waals surface area contributed by atoms with Gasteiger partial charge in [-0.15, -0.1) is 23.7 Å². The second-order valence-electron chi connectivity index (χ2n) is 4.19. The molecule has 0 amide bonds. The minimum atomic E-state index is -3.32. The molecule has 0 bridgehead atoms. The monoisotopic (exact) mass is 296 g/mol. The van der Waals surface area contributed by atoms with E-state index >= 15 is 0 Å². The number of hydrogen-bond acceptors (Lipinski definition) is 4. The second-order valence-corrected chi connectivity index (χ2v) is 7.56. The Balaban J connectivity index is 0.00000144. The van der Waals surface area contributed by atoms with Crippen LogP contribution in [0.15, 0.2) is 11.0 Å². The fourth-order valence-corrected chi connectivity index (χ4v) is 5.01. The molecule has 17 heavy (non-hydrogen) atoms. The van der Waals surface area contributed by atoms with Crippen LogP contribution in [0, 0.1) is 13.8 Å². The van der Waals surface area contributed by atoms with E-state index in [0.717, 1.165) is 16.2 Å². The quantitative estimate of drug-likeness (QED) is 0.900. The Morgan fingerprint density at radius 3 is 2.53 bits per heavy atom. The summed E-state index contributed by atoms with van der Waals surface area (Å²) in [5.74, 6) is 0. The molecule has 0 aromatic carbocycles. The zero-order chi connectivity index (χ0) is 11.9. The molecule has 1 aliphatic rings. The van der Waals surface area contributed by atoms with Crippen LogP contribution in [0.5, 0.6) is 0 Å². The Kier molecular flexibility index (Phi) is 4.60. The summed E-state index contributed by atoms with van der Waals surface area (Å²) in [6.07, 6.45) is 0.751. The normalized spacial score (nSPS) is 21.5. The third kappa shape index (κ3) is 2.82. The maximum absolute atomic E-state index is 12.3. The molecule has 1 aromatic heterocycles. The van der Waals surface area contributed by atoms with Gasteiger partial charge in [-0.25, -0.2) is 8.42 Å². The first-order valence-electron chi connectivity index (χ1n) is 5.24. The molecule has 98 valence electrons. The van der Waals surface area contributed by atoms with Crippen molar-refractivity contribution in [3.05, 3.63) is 15.8 Å². The Bertz CT molecular complexity index is 498. The van der Waals surface area contributed by atoms with Gasteiger partial charge in [0, 0.05) is 28.9 Å². The molecule has 1 fully saturated rings. The minimum Gasteiger partial charge on any atom is -0.326 e. The van der Waals surface area contributed by atoms with Crippen LogP contribution in [0.2, 0.25) is 0 Å². The van der Waals surface area contributed by atoms with Crippen molar-refractivity contribution in [1.82, 2.24) is 4.31 Å². The van der Waals surface area contributed by atoms with E-state index in [9.17, 15) is 8.42 Å². The largest absolute Gasteiger partial charge is 0.326 e. The van der Waals surface area contributed by atoms with Gasteiger partial charge in [-0.05, 0) is 26.3 Å². The summed E-state index contributed by atoms with van der Waals surface area (Å²) in [5.41, 5.74) is 5.74. The standard InChI is InChI=1S/C10H16N2O2S2.ClH/c1-7-5-10(8(2)15-7)16(13,14)12-4-3-9(11)6-12;/h5,9H,3-4,6,11H2,1-2H3;1H/t9-;/m1./s1. The van der Waals surface area contributed by atoms with Gasteiger partial charge in [0.25, 0.3) is 0 Å². The Morgan fingerprint density at radius 2 is 2.12 bits per heavy atom. The summed E-state index contributed by atoms with van der Waals surface area (Å²) in [7, 11) is -3.32. The Morgan fingerprint density at radius 1 is 1.47 bits per heavy atom. The highest BCUT2D eigenvalue weighted by atomic mass is 35.5. The molecule has 4 nitrogen and oxygen atoms in total. The number of thiophene rings is 1. The molecule has 0 aliphatic carbocycles. The van der Waals surface area contributed by atoms with Crippen molar-refractivity contribution in [2.75, 3.05) is 13.1 Å². The lowest BCUT2D eigenvalue weighted by Crippen LogP contribution is -2.32. The number of hydrogen-bond donors (Lipinski definition) is 1. The third-order valence-corrected chi connectivity index (χ3v) is 5.89. The fourth-order valence-electron chi connectivity index (χ4n) is 1.97. The number of sulfonamides is 1. The van der Waals surface area contributed by atoms with Crippen molar-refractivity contribution >= 4 is 33.8 Å². The minimum absolute atomic E-state index is 0. The average molecular weight is 297 g/mol. The average Bonchev–Trinajstić information content (AvgIpc) is 2.73. The molecule has 0 spiro atoms. The summed E-state index contributed by atoms with van der Waals surface area (Å²) < 4.78 is 26.1. The van der Waals surface area contributed by atoms with E-state index < -0.39 is 10.0 Å². The van der Waals surface area contributed by atoms with Gasteiger partial charge in [0.1, 0.15) is 0 Å². The third-order valence-electron chi connectivity index (χ3n) is 2.80. The van der Waals surface area contributed by atoms with Crippen LogP contribution in [0.3, 0.4) is 0 Å². The molecule has 1 aromatic rings. The van der Waals surface area contributed by atoms with E-state index in [4.69, 9.17) is 5.73 Å². The summed E-state index contributed by atoms with van der Waals surface area (Å²) in [6, 6.07) is 1.73. The van der Waals surface area contributed by atoms with Crippen molar-refractivity contribution in [3.8, 4) is 0 Å². The highest BCUT2D eigenvalue weighted by Crippen LogP contribution is 2.29. The van der Waals surface area contributed by atoms with E-state index in [0.29, 0.717) is 18.0 Å². The van der Waals surface area contributed by atoms with Crippen molar-refractivity contribution in [2.24, 2.45) is 5.73 Å². The van der Waals surface area contributed by atoms with Gasteiger partial charge in [0.05, 0.1) is 4.90 Å². The predicted octanol–water partition coefficient (Wildman–Crippen LogP) is 1.51. The van der Waals surface area contributed by atoms with E-state index in [1.165, 1.54) is 15.6 Å². The number of nitrogens with zero attached hydrogens (tertiary/aromatic N) is 1. The molecule has 2 heterocycles. The number of nitrogens with two attached hydrogens (primary N) is 1. The topological polar surface area (TPSA) is 63.4 Å². The lowest BCUT2D eigenvalue weighted by Gasteiger charge is -2.15. The SMILES string of the molecule is Cc1cc(S(=O)(=O)N2CC[C@@H](N)C2)c(C)s1.Cl. The van der Waals surface area contributed by atoms with Gasteiger partial charge in [-0.3, -0.25) is 0 Å². The highest BCUT2D eigenvalue weighted by Gasteiger charge is 2.32. The van der Waals surface area contributed by atoms with E-state index in [-0.39, 0.29) is 18.4 Å². The zero-order valence-electron chi connectivity index (χ0n) is 9.84. The molecular formula is C10H17ClN2O2S2. The fraction of sp³-hybridized carbons (Fsp3) is 0.600. The molecule has 1 atom stereocenters. The molecule has 2 rings (SSSR count). The molecule has 0 unspecified atom stereocenters. The first-order chi connectivity index (χ1) is 7.41. The molecule has 0 radical (unpaired) electrons. The first kappa shape index (κ1) is 14.9. The molecule has 1 aliphatic heterocycles. The van der Waals surface area contributed by atoms with E-state index in [2.05, 4.69) is 0 Å². The van der Waals surface area contributed by atoms with E-state index in [1.54, 1.807) is 6.07 Å². The van der Waals surface area contributed by atoms with E-state index in [1.807, 2.05) is 13.8 Å². The predicted molar refractivity (Wildman–Crippen MR) is 72.4 cm³/mol. The van der Waals surface area contributed by atoms with Crippen LogP contribution >= 0.6 is 23.7 Å². The van der Waals surface area contributed by atoms with Crippen molar-refractivity contribution in [1.29, 1.82) is 0 Å². The van der Waals surface area contributed by atoms with Gasteiger partial charge in [0.2, 0.25) is 10.0 Å². The zero-order valence-corrected chi connectivity index (χ0v) is 12.3. The highest BCUT2D eigenvalue weighted by molar-refractivity contribution is 7.89. The summed E-state index contributed by atoms with van der Waals surface area (Å²) in [4.78, 5) is 2.33. The first-order valence-corrected chi connectivity index (χ1v) is 7.49. The maximum atomic E-state index is 12.3. The van der Waals surface area contributed by atoms with Crippen molar-refractivity contribution in [2.45, 2.75) is 31.2 Å². The van der Waals surface area contributed by atoms with Crippen LogP contribution < -0.4 is 5.73 Å². The maximum Gasteiger partial charge on any atom is 0.244 e. The van der Waals surface area contributed by atoms with Gasteiger partial charge in [-0.2, -0.15) is 4.31 Å². The van der Waals surface area contributed by atoms with Crippen LogP contribution in [-0.4, -0.2) is 31.9 Å². The number of rotatable bonds is 2. The molecule has 0 saturated carbocycles. The summed E-state index contributed by atoms with van der Waals surface area (Å²) in [6.45, 7) is 4.75. The van der Waals surface area contributed by atoms with Crippen molar-refractivity contribution < 1.29 is 8.42 Å². The van der Waals surface area contributed by atoms with Crippen LogP contribution in [0.1, 0.15) is 16.2 Å². The van der Waals surface area contributed by atoms with Crippen LogP contribution in [0.25, 0.3) is 0 Å². The lowest BCUT2D eigenvalue weighted by molar-refractivity contribution is 0.472. The number of aryl methyl sites for hydroxylation is 2. The molecule has 7 heteroatoms. The molecule has 2 N–H and O–H groups in total. The van der Waals surface area contributed by atoms with Gasteiger partial charge in [0.15, 0.2) is 0 Å². The van der Waals surface area contributed by atoms with Crippen LogP contribution in [-0.2, 0) is 10.0 Å². The number of halogens is 1. The molecule has 1 saturated heterocycles. The summed E-state index contributed by atoms with van der Waals surface area (Å²) in [5, 5.41) is 0. The van der Waals surface area contributed by atoms with Crippen LogP contribution in [0.4, 0.5) is 0 Å². The van der Waals surface area contributed by atoms with Gasteiger partial charge < -0.3 is 5.73 Å². The van der Waals surface area contributed by atoms with Gasteiger partial charge >= 0.3 is 0 Å². The lowest BCUT2D eigenvalue weighted by atomic mass is 10.3. The van der Waals surface area contributed by atoms with Crippen molar-refractivity contribution in [3.63, 3.8) is 0 Å². The molecular weight excluding hydrogens is 280 g/mol. The second kappa shape index (κ2) is 5.24. The van der Waals surface area contributed by atoms with Gasteiger partial charge in [-0.1, -0.05) is 0 Å². The summed E-state index contributed by atoms with van der Waals surface area (Å²) >= 11 is 1.52.